The molecular weight excluding hydrogens is 264 g/mol. The first kappa shape index (κ1) is 13.3. The van der Waals surface area contributed by atoms with Crippen LogP contribution in [0.3, 0.4) is 0 Å². The fraction of sp³-hybridized carbons (Fsp3) is 0.111. The summed E-state index contributed by atoms with van der Waals surface area (Å²) in [6, 6.07) is 14.2. The second-order valence-electron chi connectivity index (χ2n) is 5.08. The number of ketones is 1. The maximum atomic E-state index is 12.4. The minimum Gasteiger partial charge on any atom is -0.478 e. The summed E-state index contributed by atoms with van der Waals surface area (Å²) in [4.78, 5) is 23.3. The molecule has 1 N–H and O–H groups in total. The van der Waals surface area contributed by atoms with E-state index in [9.17, 15) is 9.59 Å². The summed E-state index contributed by atoms with van der Waals surface area (Å²) in [7, 11) is 0. The van der Waals surface area contributed by atoms with Crippen molar-refractivity contribution in [2.75, 3.05) is 0 Å². The second kappa shape index (κ2) is 5.37. The number of fused-ring (bicyclic) bond motifs is 1. The summed E-state index contributed by atoms with van der Waals surface area (Å²) < 4.78 is 0. The second-order valence-corrected chi connectivity index (χ2v) is 5.08. The normalized spacial score (nSPS) is 15.8. The lowest BCUT2D eigenvalue weighted by Crippen LogP contribution is -2.13. The molecule has 21 heavy (non-hydrogen) atoms. The van der Waals surface area contributed by atoms with Gasteiger partial charge in [-0.25, -0.2) is 4.79 Å². The Morgan fingerprint density at radius 3 is 2.43 bits per heavy atom. The summed E-state index contributed by atoms with van der Waals surface area (Å²) >= 11 is 0. The molecule has 0 amide bonds. The van der Waals surface area contributed by atoms with Crippen molar-refractivity contribution in [2.45, 2.75) is 12.8 Å². The molecule has 0 saturated heterocycles. The van der Waals surface area contributed by atoms with Gasteiger partial charge < -0.3 is 5.11 Å². The molecule has 0 fully saturated rings. The van der Waals surface area contributed by atoms with Crippen LogP contribution >= 0.6 is 0 Å². The Balaban J connectivity index is 1.91. The minimum absolute atomic E-state index is 0.0687. The highest BCUT2D eigenvalue weighted by atomic mass is 16.4. The van der Waals surface area contributed by atoms with Crippen molar-refractivity contribution < 1.29 is 14.7 Å². The third-order valence-corrected chi connectivity index (χ3v) is 3.72. The lowest BCUT2D eigenvalue weighted by Gasteiger charge is -2.17. The van der Waals surface area contributed by atoms with Crippen molar-refractivity contribution in [2.24, 2.45) is 0 Å². The first-order chi connectivity index (χ1) is 10.1. The molecule has 2 aromatic rings. The van der Waals surface area contributed by atoms with Crippen molar-refractivity contribution in [1.82, 2.24) is 0 Å². The molecule has 1 aliphatic rings. The molecule has 3 nitrogen and oxygen atoms in total. The maximum Gasteiger partial charge on any atom is 0.335 e. The molecule has 0 spiro atoms. The predicted molar refractivity (Wildman–Crippen MR) is 80.5 cm³/mol. The molecule has 0 radical (unpaired) electrons. The van der Waals surface area contributed by atoms with Gasteiger partial charge in [-0.2, -0.15) is 0 Å². The number of carboxylic acid groups (broad SMARTS) is 1. The summed E-state index contributed by atoms with van der Waals surface area (Å²) in [5.74, 6) is -0.879. The predicted octanol–water partition coefficient (Wildman–Crippen LogP) is 3.60. The van der Waals surface area contributed by atoms with E-state index in [4.69, 9.17) is 5.11 Å². The van der Waals surface area contributed by atoms with E-state index in [0.717, 1.165) is 35.1 Å². The van der Waals surface area contributed by atoms with Crippen molar-refractivity contribution in [3.63, 3.8) is 0 Å². The zero-order valence-corrected chi connectivity index (χ0v) is 11.4. The average Bonchev–Trinajstić information content (AvgIpc) is 2.51. The van der Waals surface area contributed by atoms with Gasteiger partial charge in [0.05, 0.1) is 5.56 Å². The van der Waals surface area contributed by atoms with Crippen LogP contribution in [0.5, 0.6) is 0 Å². The zero-order valence-electron chi connectivity index (χ0n) is 11.4. The number of carboxylic acids is 1. The smallest absolute Gasteiger partial charge is 0.335 e. The highest BCUT2D eigenvalue weighted by Gasteiger charge is 2.20. The van der Waals surface area contributed by atoms with Gasteiger partial charge in [0.1, 0.15) is 0 Å². The third kappa shape index (κ3) is 2.63. The molecule has 0 aliphatic heterocycles. The van der Waals surface area contributed by atoms with Crippen molar-refractivity contribution in [1.29, 1.82) is 0 Å². The SMILES string of the molecule is O=C(O)c1ccc(/C=C2/CCc3ccccc3C2=O)cc1. The van der Waals surface area contributed by atoms with Crippen molar-refractivity contribution >= 4 is 17.8 Å². The van der Waals surface area contributed by atoms with Gasteiger partial charge in [-0.05, 0) is 42.2 Å². The first-order valence-electron chi connectivity index (χ1n) is 6.82. The summed E-state index contributed by atoms with van der Waals surface area (Å²) in [6.07, 6.45) is 3.43. The number of allylic oxidation sites excluding steroid dienone is 1. The molecule has 0 heterocycles. The molecule has 3 rings (SSSR count). The van der Waals surface area contributed by atoms with Gasteiger partial charge in [-0.15, -0.1) is 0 Å². The fourth-order valence-corrected chi connectivity index (χ4v) is 2.58. The zero-order chi connectivity index (χ0) is 14.8. The van der Waals surface area contributed by atoms with E-state index in [-0.39, 0.29) is 11.3 Å². The number of carbonyl (C=O) groups excluding carboxylic acids is 1. The molecule has 0 unspecified atom stereocenters. The number of hydrogen-bond acceptors (Lipinski definition) is 2. The van der Waals surface area contributed by atoms with Crippen LogP contribution in [0.4, 0.5) is 0 Å². The number of hydrogen-bond donors (Lipinski definition) is 1. The summed E-state index contributed by atoms with van der Waals surface area (Å²) in [6.45, 7) is 0. The van der Waals surface area contributed by atoms with Gasteiger partial charge >= 0.3 is 5.97 Å². The number of benzene rings is 2. The highest BCUT2D eigenvalue weighted by molar-refractivity contribution is 6.13. The molecule has 0 bridgehead atoms. The van der Waals surface area contributed by atoms with Gasteiger partial charge in [-0.1, -0.05) is 36.4 Å². The highest BCUT2D eigenvalue weighted by Crippen LogP contribution is 2.26. The average molecular weight is 278 g/mol. The minimum atomic E-state index is -0.947. The van der Waals surface area contributed by atoms with Crippen LogP contribution in [-0.4, -0.2) is 16.9 Å². The lowest BCUT2D eigenvalue weighted by molar-refractivity contribution is 0.0696. The Kier molecular flexibility index (Phi) is 3.40. The van der Waals surface area contributed by atoms with E-state index in [1.165, 1.54) is 0 Å². The molecule has 2 aromatic carbocycles. The first-order valence-corrected chi connectivity index (χ1v) is 6.82. The Bertz CT molecular complexity index is 739. The summed E-state index contributed by atoms with van der Waals surface area (Å²) in [5.41, 5.74) is 3.75. The molecule has 104 valence electrons. The Hall–Kier alpha value is -2.68. The van der Waals surface area contributed by atoms with Crippen LogP contribution in [0.2, 0.25) is 0 Å². The standard InChI is InChI=1S/C18H14O3/c19-17-15(10-9-13-3-1-2-4-16(13)17)11-12-5-7-14(8-6-12)18(20)21/h1-8,11H,9-10H2,(H,20,21)/b15-11-. The van der Waals surface area contributed by atoms with Crippen LogP contribution < -0.4 is 0 Å². The maximum absolute atomic E-state index is 12.4. The monoisotopic (exact) mass is 278 g/mol. The molecule has 0 saturated carbocycles. The van der Waals surface area contributed by atoms with Crippen LogP contribution in [-0.2, 0) is 6.42 Å². The molecular formula is C18H14O3. The van der Waals surface area contributed by atoms with Crippen LogP contribution in [0.1, 0.15) is 38.3 Å². The van der Waals surface area contributed by atoms with Crippen LogP contribution in [0.15, 0.2) is 54.1 Å². The number of Topliss-reactive ketones (excluding diaryl/α,β-unsaturated/α-hetero) is 1. The number of rotatable bonds is 2. The molecule has 3 heteroatoms. The van der Waals surface area contributed by atoms with Gasteiger partial charge in [-0.3, -0.25) is 4.79 Å². The molecule has 0 atom stereocenters. The Labute approximate surface area is 122 Å². The van der Waals surface area contributed by atoms with Gasteiger partial charge in [0.25, 0.3) is 0 Å². The van der Waals surface area contributed by atoms with Crippen LogP contribution in [0.25, 0.3) is 6.08 Å². The fourth-order valence-electron chi connectivity index (χ4n) is 2.58. The number of aryl methyl sites for hydroxylation is 1. The number of carbonyl (C=O) groups is 2. The van der Waals surface area contributed by atoms with E-state index in [1.807, 2.05) is 30.3 Å². The quantitative estimate of drug-likeness (QED) is 0.854. The third-order valence-electron chi connectivity index (χ3n) is 3.72. The molecule has 0 aromatic heterocycles. The largest absolute Gasteiger partial charge is 0.478 e. The van der Waals surface area contributed by atoms with E-state index >= 15 is 0 Å². The molecule has 1 aliphatic carbocycles. The van der Waals surface area contributed by atoms with E-state index in [0.29, 0.717) is 0 Å². The van der Waals surface area contributed by atoms with Gasteiger partial charge in [0.2, 0.25) is 0 Å². The van der Waals surface area contributed by atoms with Crippen molar-refractivity contribution in [3.8, 4) is 0 Å². The van der Waals surface area contributed by atoms with E-state index in [2.05, 4.69) is 0 Å². The Morgan fingerprint density at radius 2 is 1.71 bits per heavy atom. The van der Waals surface area contributed by atoms with Crippen LogP contribution in [0, 0.1) is 0 Å². The van der Waals surface area contributed by atoms with Crippen molar-refractivity contribution in [3.05, 3.63) is 76.4 Å². The summed E-state index contributed by atoms with van der Waals surface area (Å²) in [5, 5.41) is 8.88. The lowest BCUT2D eigenvalue weighted by atomic mass is 9.86. The van der Waals surface area contributed by atoms with E-state index < -0.39 is 5.97 Å². The Morgan fingerprint density at radius 1 is 1.00 bits per heavy atom. The topological polar surface area (TPSA) is 54.4 Å². The number of aromatic carboxylic acids is 1. The van der Waals surface area contributed by atoms with Gasteiger partial charge in [0.15, 0.2) is 5.78 Å². The van der Waals surface area contributed by atoms with Gasteiger partial charge in [0, 0.05) is 11.1 Å². The van der Waals surface area contributed by atoms with E-state index in [1.54, 1.807) is 24.3 Å².